The van der Waals surface area contributed by atoms with Gasteiger partial charge < -0.3 is 14.7 Å². The molecule has 0 radical (unpaired) electrons. The van der Waals surface area contributed by atoms with Crippen molar-refractivity contribution in [3.8, 4) is 0 Å². The molecule has 0 unspecified atom stereocenters. The van der Waals surface area contributed by atoms with Crippen molar-refractivity contribution in [2.24, 2.45) is 0 Å². The summed E-state index contributed by atoms with van der Waals surface area (Å²) in [6, 6.07) is 11.4. The number of rotatable bonds is 5. The molecule has 2 rings (SSSR count). The van der Waals surface area contributed by atoms with Gasteiger partial charge in [-0.3, -0.25) is 4.79 Å². The van der Waals surface area contributed by atoms with Crippen LogP contribution in [0.15, 0.2) is 40.9 Å². The number of amides is 1. The molecule has 0 saturated carbocycles. The Balaban J connectivity index is 1.98. The summed E-state index contributed by atoms with van der Waals surface area (Å²) < 4.78 is 4.93. The first-order valence-electron chi connectivity index (χ1n) is 6.23. The first-order chi connectivity index (χ1) is 9.20. The van der Waals surface area contributed by atoms with Crippen LogP contribution in [0.4, 0.5) is 11.5 Å². The number of carbonyl (C=O) groups is 1. The van der Waals surface area contributed by atoms with Crippen LogP contribution in [0.2, 0.25) is 0 Å². The fraction of sp³-hybridized carbons (Fsp3) is 0.286. The van der Waals surface area contributed by atoms with Gasteiger partial charge in [0.2, 0.25) is 5.91 Å². The number of carbonyl (C=O) groups excluding carboxylic acids is 1. The number of hydrogen-bond acceptors (Lipinski definition) is 4. The molecule has 5 heteroatoms. The van der Waals surface area contributed by atoms with E-state index < -0.39 is 0 Å². The van der Waals surface area contributed by atoms with E-state index >= 15 is 0 Å². The lowest BCUT2D eigenvalue weighted by Crippen LogP contribution is -2.35. The molecule has 1 N–H and O–H groups in total. The monoisotopic (exact) mass is 259 g/mol. The SMILES string of the molecule is CCN(C(=O)CNc1cc(C)on1)c1ccccc1. The minimum Gasteiger partial charge on any atom is -0.360 e. The van der Waals surface area contributed by atoms with Crippen molar-refractivity contribution in [3.63, 3.8) is 0 Å². The highest BCUT2D eigenvalue weighted by atomic mass is 16.5. The van der Waals surface area contributed by atoms with E-state index in [1.807, 2.05) is 44.2 Å². The second kappa shape index (κ2) is 6.04. The molecule has 100 valence electrons. The highest BCUT2D eigenvalue weighted by molar-refractivity contribution is 5.95. The van der Waals surface area contributed by atoms with Crippen molar-refractivity contribution in [3.05, 3.63) is 42.2 Å². The normalized spacial score (nSPS) is 10.2. The number of para-hydroxylation sites is 1. The Labute approximate surface area is 112 Å². The van der Waals surface area contributed by atoms with E-state index in [9.17, 15) is 4.79 Å². The molecular weight excluding hydrogens is 242 g/mol. The van der Waals surface area contributed by atoms with Crippen LogP contribution in [-0.2, 0) is 4.79 Å². The predicted octanol–water partition coefficient (Wildman–Crippen LogP) is 2.45. The summed E-state index contributed by atoms with van der Waals surface area (Å²) in [5, 5.41) is 6.74. The summed E-state index contributed by atoms with van der Waals surface area (Å²) in [6.45, 7) is 4.57. The van der Waals surface area contributed by atoms with Crippen LogP contribution in [0.25, 0.3) is 0 Å². The van der Waals surface area contributed by atoms with Crippen molar-refractivity contribution in [1.82, 2.24) is 5.16 Å². The molecule has 0 spiro atoms. The molecule has 5 nitrogen and oxygen atoms in total. The fourth-order valence-corrected chi connectivity index (χ4v) is 1.82. The van der Waals surface area contributed by atoms with Crippen LogP contribution in [-0.4, -0.2) is 24.2 Å². The number of likely N-dealkylation sites (N-methyl/N-ethyl adjacent to an activating group) is 1. The molecule has 0 aliphatic heterocycles. The van der Waals surface area contributed by atoms with Crippen molar-refractivity contribution < 1.29 is 9.32 Å². The van der Waals surface area contributed by atoms with Gasteiger partial charge in [-0.05, 0) is 26.0 Å². The Morgan fingerprint density at radius 2 is 2.11 bits per heavy atom. The zero-order valence-electron chi connectivity index (χ0n) is 11.1. The van der Waals surface area contributed by atoms with Crippen LogP contribution in [0, 0.1) is 6.92 Å². The summed E-state index contributed by atoms with van der Waals surface area (Å²) in [7, 11) is 0. The van der Waals surface area contributed by atoms with Gasteiger partial charge in [0, 0.05) is 18.3 Å². The Morgan fingerprint density at radius 1 is 1.37 bits per heavy atom. The van der Waals surface area contributed by atoms with Gasteiger partial charge in [0.1, 0.15) is 5.76 Å². The molecular formula is C14H17N3O2. The third kappa shape index (κ3) is 3.34. The Hall–Kier alpha value is -2.30. The standard InChI is InChI=1S/C14H17N3O2/c1-3-17(12-7-5-4-6-8-12)14(18)10-15-13-9-11(2)19-16-13/h4-9H,3,10H2,1-2H3,(H,15,16). The van der Waals surface area contributed by atoms with E-state index in [0.29, 0.717) is 18.1 Å². The van der Waals surface area contributed by atoms with Crippen LogP contribution in [0.1, 0.15) is 12.7 Å². The number of aryl methyl sites for hydroxylation is 1. The maximum Gasteiger partial charge on any atom is 0.246 e. The molecule has 1 heterocycles. The Bertz CT molecular complexity index is 537. The van der Waals surface area contributed by atoms with Gasteiger partial charge in [0.15, 0.2) is 5.82 Å². The van der Waals surface area contributed by atoms with E-state index in [4.69, 9.17) is 4.52 Å². The average molecular weight is 259 g/mol. The summed E-state index contributed by atoms with van der Waals surface area (Å²) in [4.78, 5) is 13.9. The molecule has 19 heavy (non-hydrogen) atoms. The smallest absolute Gasteiger partial charge is 0.246 e. The number of benzene rings is 1. The third-order valence-corrected chi connectivity index (χ3v) is 2.73. The molecule has 0 fully saturated rings. The van der Waals surface area contributed by atoms with E-state index in [-0.39, 0.29) is 12.5 Å². The maximum atomic E-state index is 12.2. The first-order valence-corrected chi connectivity index (χ1v) is 6.23. The minimum absolute atomic E-state index is 0.00523. The highest BCUT2D eigenvalue weighted by Crippen LogP contribution is 2.13. The van der Waals surface area contributed by atoms with Gasteiger partial charge in [-0.15, -0.1) is 0 Å². The van der Waals surface area contributed by atoms with Crippen molar-refractivity contribution in [2.75, 3.05) is 23.3 Å². The molecule has 0 saturated heterocycles. The van der Waals surface area contributed by atoms with Crippen molar-refractivity contribution in [2.45, 2.75) is 13.8 Å². The summed E-state index contributed by atoms with van der Waals surface area (Å²) in [6.07, 6.45) is 0. The lowest BCUT2D eigenvalue weighted by atomic mass is 10.3. The maximum absolute atomic E-state index is 12.2. The number of nitrogens with zero attached hydrogens (tertiary/aromatic N) is 2. The number of nitrogens with one attached hydrogen (secondary N) is 1. The summed E-state index contributed by atoms with van der Waals surface area (Å²) in [5.74, 6) is 1.29. The molecule has 0 aliphatic rings. The van der Waals surface area contributed by atoms with Crippen molar-refractivity contribution in [1.29, 1.82) is 0 Å². The van der Waals surface area contributed by atoms with Gasteiger partial charge in [0.05, 0.1) is 6.54 Å². The Morgan fingerprint density at radius 3 is 2.68 bits per heavy atom. The van der Waals surface area contributed by atoms with Crippen LogP contribution in [0.3, 0.4) is 0 Å². The van der Waals surface area contributed by atoms with Crippen LogP contribution >= 0.6 is 0 Å². The van der Waals surface area contributed by atoms with Gasteiger partial charge in [-0.2, -0.15) is 0 Å². The van der Waals surface area contributed by atoms with E-state index in [2.05, 4.69) is 10.5 Å². The third-order valence-electron chi connectivity index (χ3n) is 2.73. The van der Waals surface area contributed by atoms with E-state index in [1.54, 1.807) is 11.0 Å². The van der Waals surface area contributed by atoms with E-state index in [1.165, 1.54) is 0 Å². The Kier molecular flexibility index (Phi) is 4.18. The summed E-state index contributed by atoms with van der Waals surface area (Å²) >= 11 is 0. The van der Waals surface area contributed by atoms with Gasteiger partial charge in [0.25, 0.3) is 0 Å². The average Bonchev–Trinajstić information content (AvgIpc) is 2.84. The molecule has 2 aromatic rings. The lowest BCUT2D eigenvalue weighted by molar-refractivity contribution is -0.116. The zero-order valence-corrected chi connectivity index (χ0v) is 11.1. The van der Waals surface area contributed by atoms with Gasteiger partial charge >= 0.3 is 0 Å². The fourth-order valence-electron chi connectivity index (χ4n) is 1.82. The number of aromatic nitrogens is 1. The second-order valence-corrected chi connectivity index (χ2v) is 4.15. The van der Waals surface area contributed by atoms with E-state index in [0.717, 1.165) is 5.69 Å². The number of anilines is 2. The highest BCUT2D eigenvalue weighted by Gasteiger charge is 2.13. The molecule has 1 aromatic heterocycles. The predicted molar refractivity (Wildman–Crippen MR) is 74.2 cm³/mol. The largest absolute Gasteiger partial charge is 0.360 e. The lowest BCUT2D eigenvalue weighted by Gasteiger charge is -2.21. The molecule has 1 amide bonds. The second-order valence-electron chi connectivity index (χ2n) is 4.15. The van der Waals surface area contributed by atoms with Gasteiger partial charge in [-0.25, -0.2) is 0 Å². The zero-order chi connectivity index (χ0) is 13.7. The van der Waals surface area contributed by atoms with Crippen LogP contribution < -0.4 is 10.2 Å². The number of hydrogen-bond donors (Lipinski definition) is 1. The van der Waals surface area contributed by atoms with Crippen molar-refractivity contribution >= 4 is 17.4 Å². The molecule has 0 atom stereocenters. The van der Waals surface area contributed by atoms with Gasteiger partial charge in [-0.1, -0.05) is 23.4 Å². The molecule has 1 aromatic carbocycles. The first kappa shape index (κ1) is 13.1. The topological polar surface area (TPSA) is 58.4 Å². The van der Waals surface area contributed by atoms with Crippen LogP contribution in [0.5, 0.6) is 0 Å². The quantitative estimate of drug-likeness (QED) is 0.896. The summed E-state index contributed by atoms with van der Waals surface area (Å²) in [5.41, 5.74) is 0.896. The molecule has 0 bridgehead atoms. The molecule has 0 aliphatic carbocycles. The minimum atomic E-state index is -0.00523.